The average Bonchev–Trinajstić information content (AvgIpc) is 2.51. The molecule has 0 radical (unpaired) electrons. The third kappa shape index (κ3) is 4.57. The summed E-state index contributed by atoms with van der Waals surface area (Å²) < 4.78 is 41.2. The number of amides is 1. The van der Waals surface area contributed by atoms with Gasteiger partial charge in [-0.1, -0.05) is 0 Å². The summed E-state index contributed by atoms with van der Waals surface area (Å²) in [6.07, 6.45) is -3.16. The zero-order valence-corrected chi connectivity index (χ0v) is 12.6. The minimum absolute atomic E-state index is 0.230. The van der Waals surface area contributed by atoms with Gasteiger partial charge in [-0.15, -0.1) is 0 Å². The van der Waals surface area contributed by atoms with E-state index >= 15 is 0 Å². The van der Waals surface area contributed by atoms with Crippen LogP contribution in [0.1, 0.15) is 23.2 Å². The Kier molecular flexibility index (Phi) is 5.27. The topological polar surface area (TPSA) is 98.7 Å². The van der Waals surface area contributed by atoms with E-state index in [1.54, 1.807) is 0 Å². The van der Waals surface area contributed by atoms with Crippen LogP contribution in [0, 0.1) is 10.1 Å². The summed E-state index contributed by atoms with van der Waals surface area (Å²) in [7, 11) is 0. The lowest BCUT2D eigenvalue weighted by molar-refractivity contribution is -0.385. The number of benzene rings is 1. The van der Waals surface area contributed by atoms with E-state index in [0.29, 0.717) is 13.0 Å². The van der Waals surface area contributed by atoms with Crippen LogP contribution in [0.2, 0.25) is 0 Å². The van der Waals surface area contributed by atoms with E-state index in [0.717, 1.165) is 24.6 Å². The second kappa shape index (κ2) is 7.04. The Morgan fingerprint density at radius 2 is 2.17 bits per heavy atom. The predicted octanol–water partition coefficient (Wildman–Crippen LogP) is 2.10. The zero-order valence-electron chi connectivity index (χ0n) is 12.6. The van der Waals surface area contributed by atoms with Gasteiger partial charge in [-0.3, -0.25) is 14.9 Å². The maximum Gasteiger partial charge on any atom is 0.422 e. The minimum atomic E-state index is -4.55. The lowest BCUT2D eigenvalue weighted by Crippen LogP contribution is -2.45. The minimum Gasteiger partial charge on any atom is -0.484 e. The Labute approximate surface area is 135 Å². The van der Waals surface area contributed by atoms with Crippen LogP contribution >= 0.6 is 0 Å². The van der Waals surface area contributed by atoms with Crippen molar-refractivity contribution >= 4 is 11.6 Å². The predicted molar refractivity (Wildman–Crippen MR) is 77.8 cm³/mol. The first-order valence-corrected chi connectivity index (χ1v) is 7.20. The van der Waals surface area contributed by atoms with Gasteiger partial charge in [0.1, 0.15) is 11.3 Å². The number of carbonyl (C=O) groups excluding carboxylic acids is 1. The van der Waals surface area contributed by atoms with Crippen LogP contribution in [-0.2, 0) is 0 Å². The Morgan fingerprint density at radius 1 is 1.46 bits per heavy atom. The van der Waals surface area contributed by atoms with Gasteiger partial charge in [0, 0.05) is 25.2 Å². The number of carbonyl (C=O) groups is 1. The lowest BCUT2D eigenvalue weighted by atomic mass is 10.0. The number of hydrogen-bond acceptors (Lipinski definition) is 5. The number of nitrogens with two attached hydrogens (primary N) is 1. The molecule has 1 aromatic carbocycles. The molecule has 2 N–H and O–H groups in total. The highest BCUT2D eigenvalue weighted by atomic mass is 19.4. The first-order chi connectivity index (χ1) is 11.2. The van der Waals surface area contributed by atoms with Crippen LogP contribution in [-0.4, -0.2) is 47.6 Å². The molecule has 1 fully saturated rings. The van der Waals surface area contributed by atoms with Crippen molar-refractivity contribution in [3.05, 3.63) is 33.9 Å². The molecular weight excluding hydrogens is 331 g/mol. The molecule has 0 aromatic heterocycles. The lowest BCUT2D eigenvalue weighted by Gasteiger charge is -2.30. The monoisotopic (exact) mass is 347 g/mol. The molecule has 0 saturated carbocycles. The van der Waals surface area contributed by atoms with Crippen LogP contribution in [0.25, 0.3) is 0 Å². The smallest absolute Gasteiger partial charge is 0.422 e. The third-order valence-electron chi connectivity index (χ3n) is 3.54. The second-order valence-corrected chi connectivity index (χ2v) is 5.49. The average molecular weight is 347 g/mol. The van der Waals surface area contributed by atoms with E-state index in [-0.39, 0.29) is 23.9 Å². The summed E-state index contributed by atoms with van der Waals surface area (Å²) in [4.78, 5) is 24.2. The number of alkyl halides is 3. The van der Waals surface area contributed by atoms with E-state index in [9.17, 15) is 28.1 Å². The van der Waals surface area contributed by atoms with Gasteiger partial charge < -0.3 is 15.4 Å². The van der Waals surface area contributed by atoms with Gasteiger partial charge in [-0.25, -0.2) is 0 Å². The maximum absolute atomic E-state index is 12.5. The Morgan fingerprint density at radius 3 is 2.75 bits per heavy atom. The molecular formula is C14H16F3N3O4. The highest BCUT2D eigenvalue weighted by molar-refractivity contribution is 5.98. The van der Waals surface area contributed by atoms with E-state index in [1.807, 2.05) is 0 Å². The van der Waals surface area contributed by atoms with Crippen molar-refractivity contribution in [1.29, 1.82) is 0 Å². The molecule has 1 unspecified atom stereocenters. The molecule has 2 rings (SSSR count). The molecule has 0 aliphatic carbocycles. The molecule has 1 saturated heterocycles. The van der Waals surface area contributed by atoms with Crippen molar-refractivity contribution in [2.45, 2.75) is 25.1 Å². The molecule has 1 heterocycles. The molecule has 0 bridgehead atoms. The number of ether oxygens (including phenoxy) is 1. The van der Waals surface area contributed by atoms with Gasteiger partial charge in [0.05, 0.1) is 4.92 Å². The summed E-state index contributed by atoms with van der Waals surface area (Å²) in [5.41, 5.74) is 4.99. The van der Waals surface area contributed by atoms with E-state index < -0.39 is 29.3 Å². The highest BCUT2D eigenvalue weighted by Gasteiger charge is 2.31. The quantitative estimate of drug-likeness (QED) is 0.664. The molecule has 10 heteroatoms. The zero-order chi connectivity index (χ0) is 17.9. The normalized spacial score (nSPS) is 18.3. The number of nitro benzene ring substituents is 1. The first-order valence-electron chi connectivity index (χ1n) is 7.20. The molecule has 1 aliphatic rings. The van der Waals surface area contributed by atoms with Gasteiger partial charge in [0.15, 0.2) is 6.61 Å². The van der Waals surface area contributed by atoms with E-state index in [2.05, 4.69) is 4.74 Å². The molecule has 1 aliphatic heterocycles. The van der Waals surface area contributed by atoms with Crippen LogP contribution in [0.15, 0.2) is 18.2 Å². The largest absolute Gasteiger partial charge is 0.484 e. The third-order valence-corrected chi connectivity index (χ3v) is 3.54. The van der Waals surface area contributed by atoms with Crippen molar-refractivity contribution in [2.24, 2.45) is 5.73 Å². The highest BCUT2D eigenvalue weighted by Crippen LogP contribution is 2.27. The Hall–Kier alpha value is -2.36. The van der Waals surface area contributed by atoms with Gasteiger partial charge in [-0.05, 0) is 25.0 Å². The number of likely N-dealkylation sites (tertiary alicyclic amines) is 1. The Balaban J connectivity index is 2.27. The second-order valence-electron chi connectivity index (χ2n) is 5.49. The fourth-order valence-electron chi connectivity index (χ4n) is 2.47. The summed E-state index contributed by atoms with van der Waals surface area (Å²) in [6, 6.07) is 2.73. The van der Waals surface area contributed by atoms with Gasteiger partial charge in [0.2, 0.25) is 0 Å². The standard InChI is InChI=1S/C14H16F3N3O4/c15-14(16,17)8-24-10-3-4-12(20(22)23)11(6-10)13(21)19-5-1-2-9(18)7-19/h3-4,6,9H,1-2,5,7-8,18H2. The number of piperidine rings is 1. The van der Waals surface area contributed by atoms with Crippen molar-refractivity contribution < 1.29 is 27.6 Å². The molecule has 0 spiro atoms. The molecule has 1 amide bonds. The number of halogens is 3. The van der Waals surface area contributed by atoms with Crippen molar-refractivity contribution in [3.8, 4) is 5.75 Å². The molecule has 1 atom stereocenters. The summed E-state index contributed by atoms with van der Waals surface area (Å²) >= 11 is 0. The SMILES string of the molecule is NC1CCCN(C(=O)c2cc(OCC(F)(F)F)ccc2[N+](=O)[O-])C1. The van der Waals surface area contributed by atoms with Gasteiger partial charge >= 0.3 is 6.18 Å². The van der Waals surface area contributed by atoms with E-state index in [4.69, 9.17) is 5.73 Å². The molecule has 7 nitrogen and oxygen atoms in total. The van der Waals surface area contributed by atoms with Crippen LogP contribution in [0.3, 0.4) is 0 Å². The molecule has 24 heavy (non-hydrogen) atoms. The van der Waals surface area contributed by atoms with Crippen molar-refractivity contribution in [2.75, 3.05) is 19.7 Å². The van der Waals surface area contributed by atoms with Crippen LogP contribution in [0.4, 0.5) is 18.9 Å². The van der Waals surface area contributed by atoms with Crippen LogP contribution < -0.4 is 10.5 Å². The summed E-state index contributed by atoms with van der Waals surface area (Å²) in [6.45, 7) is -0.923. The fraction of sp³-hybridized carbons (Fsp3) is 0.500. The molecule has 1 aromatic rings. The van der Waals surface area contributed by atoms with Gasteiger partial charge in [0.25, 0.3) is 11.6 Å². The number of rotatable bonds is 4. The Bertz CT molecular complexity index is 636. The summed E-state index contributed by atoms with van der Waals surface area (Å²) in [5.74, 6) is -0.906. The fourth-order valence-corrected chi connectivity index (χ4v) is 2.47. The van der Waals surface area contributed by atoms with Crippen LogP contribution in [0.5, 0.6) is 5.75 Å². The number of hydrogen-bond donors (Lipinski definition) is 1. The van der Waals surface area contributed by atoms with Crippen molar-refractivity contribution in [1.82, 2.24) is 4.90 Å². The maximum atomic E-state index is 12.5. The molecule has 132 valence electrons. The van der Waals surface area contributed by atoms with Crippen molar-refractivity contribution in [3.63, 3.8) is 0 Å². The number of nitrogens with zero attached hydrogens (tertiary/aromatic N) is 2. The summed E-state index contributed by atoms with van der Waals surface area (Å²) in [5, 5.41) is 11.1. The van der Waals surface area contributed by atoms with E-state index in [1.165, 1.54) is 4.90 Å². The number of nitro groups is 1. The first kappa shape index (κ1) is 18.0. The van der Waals surface area contributed by atoms with Gasteiger partial charge in [-0.2, -0.15) is 13.2 Å².